The van der Waals surface area contributed by atoms with Crippen molar-refractivity contribution in [2.24, 2.45) is 0 Å². The average Bonchev–Trinajstić information content (AvgIpc) is 3.25. The molecule has 3 heterocycles. The van der Waals surface area contributed by atoms with Gasteiger partial charge in [-0.3, -0.25) is 9.69 Å². The Kier molecular flexibility index (Phi) is 8.34. The highest BCUT2D eigenvalue weighted by Crippen LogP contribution is 2.24. The Morgan fingerprint density at radius 1 is 1.33 bits per heavy atom. The number of pyridine rings is 1. The lowest BCUT2D eigenvalue weighted by molar-refractivity contribution is -0.198. The molecule has 2 fully saturated rings. The maximum atomic E-state index is 12.0. The van der Waals surface area contributed by atoms with Gasteiger partial charge in [0.2, 0.25) is 0 Å². The first-order valence-corrected chi connectivity index (χ1v) is 11.9. The van der Waals surface area contributed by atoms with E-state index in [1.807, 2.05) is 0 Å². The summed E-state index contributed by atoms with van der Waals surface area (Å²) < 4.78 is 5.42. The second kappa shape index (κ2) is 11.6. The molecular weight excluding hydrogens is 440 g/mol. The highest BCUT2D eigenvalue weighted by atomic mass is 35.5. The van der Waals surface area contributed by atoms with Crippen LogP contribution in [0.25, 0.3) is 6.08 Å². The number of carbonyl (C=O) groups is 1. The lowest BCUT2D eigenvalue weighted by atomic mass is 10.1. The standard InChI is InChI=1S/C25H31ClN4O3/c1-18-5-4-6-20(13-18)16-30-11-10-21(17-30)28-25-22(26)14-19(15-27-25)8-9-23(31)29-33-24-7-2-3-12-32-24/h4-6,8-9,13-15,21,24H,2-3,7,10-12,16-17H2,1H3,(H,27,28)(H,29,31)/t21-,24?/m1/s1. The number of hydroxylamine groups is 1. The lowest BCUT2D eigenvalue weighted by Crippen LogP contribution is -2.32. The second-order valence-electron chi connectivity index (χ2n) is 8.67. The van der Waals surface area contributed by atoms with E-state index in [1.165, 1.54) is 17.2 Å². The van der Waals surface area contributed by atoms with Gasteiger partial charge in [0, 0.05) is 51.0 Å². The first kappa shape index (κ1) is 23.7. The number of carbonyl (C=O) groups excluding carboxylic acids is 1. The summed E-state index contributed by atoms with van der Waals surface area (Å²) in [6.45, 7) is 5.71. The van der Waals surface area contributed by atoms with Gasteiger partial charge in [-0.15, -0.1) is 0 Å². The fourth-order valence-electron chi connectivity index (χ4n) is 4.14. The topological polar surface area (TPSA) is 75.7 Å². The Morgan fingerprint density at radius 3 is 3.03 bits per heavy atom. The maximum Gasteiger partial charge on any atom is 0.267 e. The molecule has 8 heteroatoms. The Balaban J connectivity index is 1.24. The number of benzene rings is 1. The second-order valence-corrected chi connectivity index (χ2v) is 9.07. The van der Waals surface area contributed by atoms with Crippen LogP contribution < -0.4 is 10.8 Å². The third kappa shape index (κ3) is 7.27. The number of ether oxygens (including phenoxy) is 1. The molecule has 2 aliphatic heterocycles. The molecule has 0 aliphatic carbocycles. The van der Waals surface area contributed by atoms with Crippen LogP contribution in [-0.2, 0) is 20.9 Å². The summed E-state index contributed by atoms with van der Waals surface area (Å²) in [5, 5.41) is 3.99. The molecule has 2 saturated heterocycles. The fraction of sp³-hybridized carbons (Fsp3) is 0.440. The molecular formula is C25H31ClN4O3. The summed E-state index contributed by atoms with van der Waals surface area (Å²) in [6.07, 6.45) is 8.25. The molecule has 1 amide bonds. The third-order valence-corrected chi connectivity index (χ3v) is 6.11. The van der Waals surface area contributed by atoms with Crippen LogP contribution >= 0.6 is 11.6 Å². The number of nitrogens with one attached hydrogen (secondary N) is 2. The zero-order valence-electron chi connectivity index (χ0n) is 18.9. The van der Waals surface area contributed by atoms with Gasteiger partial charge >= 0.3 is 0 Å². The summed E-state index contributed by atoms with van der Waals surface area (Å²) in [5.41, 5.74) is 5.76. The molecule has 0 saturated carbocycles. The summed E-state index contributed by atoms with van der Waals surface area (Å²) in [7, 11) is 0. The van der Waals surface area contributed by atoms with E-state index in [0.717, 1.165) is 50.9 Å². The zero-order chi connectivity index (χ0) is 23.0. The molecule has 0 bridgehead atoms. The number of aromatic nitrogens is 1. The SMILES string of the molecule is Cc1cccc(CN2CC[C@@H](Nc3ncc(C=CC(=O)NOC4CCCCO4)cc3Cl)C2)c1. The molecule has 0 radical (unpaired) electrons. The summed E-state index contributed by atoms with van der Waals surface area (Å²) in [6, 6.07) is 10.7. The molecule has 33 heavy (non-hydrogen) atoms. The van der Waals surface area contributed by atoms with Crippen LogP contribution in [0.1, 0.15) is 42.4 Å². The van der Waals surface area contributed by atoms with E-state index < -0.39 is 0 Å². The van der Waals surface area contributed by atoms with E-state index in [9.17, 15) is 4.79 Å². The van der Waals surface area contributed by atoms with Crippen molar-refractivity contribution in [3.63, 3.8) is 0 Å². The van der Waals surface area contributed by atoms with Crippen molar-refractivity contribution in [1.82, 2.24) is 15.4 Å². The van der Waals surface area contributed by atoms with E-state index in [0.29, 0.717) is 23.5 Å². The minimum absolute atomic E-state index is 0.297. The molecule has 1 unspecified atom stereocenters. The van der Waals surface area contributed by atoms with Gasteiger partial charge in [0.05, 0.1) is 5.02 Å². The smallest absolute Gasteiger partial charge is 0.267 e. The predicted molar refractivity (Wildman–Crippen MR) is 130 cm³/mol. The van der Waals surface area contributed by atoms with Gasteiger partial charge in [-0.25, -0.2) is 15.3 Å². The first-order chi connectivity index (χ1) is 16.0. The van der Waals surface area contributed by atoms with Gasteiger partial charge in [-0.2, -0.15) is 0 Å². The van der Waals surface area contributed by atoms with Crippen LogP contribution in [0.5, 0.6) is 0 Å². The van der Waals surface area contributed by atoms with Gasteiger partial charge < -0.3 is 10.1 Å². The van der Waals surface area contributed by atoms with Crippen molar-refractivity contribution in [2.75, 3.05) is 25.0 Å². The summed E-state index contributed by atoms with van der Waals surface area (Å²) in [4.78, 5) is 24.2. The molecule has 2 aliphatic rings. The zero-order valence-corrected chi connectivity index (χ0v) is 19.7. The number of hydrogen-bond acceptors (Lipinski definition) is 6. The Morgan fingerprint density at radius 2 is 2.24 bits per heavy atom. The fourth-order valence-corrected chi connectivity index (χ4v) is 4.37. The molecule has 1 aromatic carbocycles. The van der Waals surface area contributed by atoms with E-state index in [2.05, 4.69) is 51.9 Å². The average molecular weight is 471 g/mol. The van der Waals surface area contributed by atoms with Crippen LogP contribution in [0.3, 0.4) is 0 Å². The van der Waals surface area contributed by atoms with Crippen molar-refractivity contribution in [3.05, 3.63) is 64.3 Å². The summed E-state index contributed by atoms with van der Waals surface area (Å²) in [5.74, 6) is 0.306. The van der Waals surface area contributed by atoms with E-state index in [1.54, 1.807) is 18.3 Å². The number of amides is 1. The van der Waals surface area contributed by atoms with E-state index in [4.69, 9.17) is 21.2 Å². The Bertz CT molecular complexity index is 978. The number of likely N-dealkylation sites (tertiary alicyclic amines) is 1. The van der Waals surface area contributed by atoms with Gasteiger partial charge in [0.25, 0.3) is 5.91 Å². The van der Waals surface area contributed by atoms with Crippen molar-refractivity contribution < 1.29 is 14.4 Å². The summed E-state index contributed by atoms with van der Waals surface area (Å²) >= 11 is 6.46. The molecule has 0 spiro atoms. The lowest BCUT2D eigenvalue weighted by Gasteiger charge is -2.21. The van der Waals surface area contributed by atoms with Crippen LogP contribution in [0, 0.1) is 6.92 Å². The molecule has 2 N–H and O–H groups in total. The largest absolute Gasteiger partial charge is 0.365 e. The molecule has 7 nitrogen and oxygen atoms in total. The highest BCUT2D eigenvalue weighted by Gasteiger charge is 2.23. The highest BCUT2D eigenvalue weighted by molar-refractivity contribution is 6.33. The minimum atomic E-state index is -0.374. The van der Waals surface area contributed by atoms with Gasteiger partial charge in [-0.05, 0) is 49.5 Å². The van der Waals surface area contributed by atoms with E-state index >= 15 is 0 Å². The monoisotopic (exact) mass is 470 g/mol. The van der Waals surface area contributed by atoms with Crippen molar-refractivity contribution >= 4 is 29.4 Å². The first-order valence-electron chi connectivity index (χ1n) is 11.5. The van der Waals surface area contributed by atoms with Gasteiger partial charge in [-0.1, -0.05) is 41.4 Å². The molecule has 176 valence electrons. The quantitative estimate of drug-likeness (QED) is 0.442. The van der Waals surface area contributed by atoms with E-state index in [-0.39, 0.29) is 12.2 Å². The predicted octanol–water partition coefficient (Wildman–Crippen LogP) is 4.32. The Labute approximate surface area is 200 Å². The number of halogens is 1. The van der Waals surface area contributed by atoms with Gasteiger partial charge in [0.15, 0.2) is 6.29 Å². The van der Waals surface area contributed by atoms with Crippen LogP contribution in [0.4, 0.5) is 5.82 Å². The van der Waals surface area contributed by atoms with Crippen molar-refractivity contribution in [2.45, 2.75) is 51.5 Å². The third-order valence-electron chi connectivity index (χ3n) is 5.82. The van der Waals surface area contributed by atoms with Crippen LogP contribution in [0.2, 0.25) is 5.02 Å². The maximum absolute atomic E-state index is 12.0. The number of nitrogens with zero attached hydrogens (tertiary/aromatic N) is 2. The van der Waals surface area contributed by atoms with Gasteiger partial charge in [0.1, 0.15) is 5.82 Å². The number of hydrogen-bond donors (Lipinski definition) is 2. The minimum Gasteiger partial charge on any atom is -0.365 e. The molecule has 2 atom stereocenters. The number of aryl methyl sites for hydroxylation is 1. The van der Waals surface area contributed by atoms with Crippen molar-refractivity contribution in [3.8, 4) is 0 Å². The number of anilines is 1. The number of rotatable bonds is 8. The van der Waals surface area contributed by atoms with Crippen LogP contribution in [0.15, 0.2) is 42.6 Å². The normalized spacial score (nSPS) is 21.4. The molecule has 2 aromatic rings. The molecule has 4 rings (SSSR count). The molecule has 1 aromatic heterocycles. The Hall–Kier alpha value is -2.45. The van der Waals surface area contributed by atoms with Crippen molar-refractivity contribution in [1.29, 1.82) is 0 Å². The van der Waals surface area contributed by atoms with Crippen LogP contribution in [-0.4, -0.2) is 47.8 Å².